The first-order valence-electron chi connectivity index (χ1n) is 10.5. The third-order valence-corrected chi connectivity index (χ3v) is 4.23. The van der Waals surface area contributed by atoms with Gasteiger partial charge < -0.3 is 29.0 Å². The number of benzene rings is 1. The molecule has 1 N–H and O–H groups in total. The molecule has 0 aliphatic rings. The van der Waals surface area contributed by atoms with E-state index in [1.165, 1.54) is 0 Å². The summed E-state index contributed by atoms with van der Waals surface area (Å²) in [5.74, 6) is -5.29. The molecule has 4 unspecified atom stereocenters. The number of esters is 5. The van der Waals surface area contributed by atoms with Crippen LogP contribution in [0.1, 0.15) is 40.2 Å². The molecule has 0 aliphatic carbocycles. The smallest absolute Gasteiger partial charge is 0.303 e. The van der Waals surface area contributed by atoms with Gasteiger partial charge in [0.2, 0.25) is 6.10 Å². The minimum Gasteiger partial charge on any atom is -0.462 e. The lowest BCUT2D eigenvalue weighted by Gasteiger charge is -2.34. The van der Waals surface area contributed by atoms with E-state index >= 15 is 0 Å². The minimum absolute atomic E-state index is 0.333. The molecule has 0 saturated carbocycles. The van der Waals surface area contributed by atoms with Gasteiger partial charge in [0.15, 0.2) is 18.3 Å². The number of hydrogen-bond donors (Lipinski definition) is 1. The topological polar surface area (TPSA) is 161 Å². The van der Waals surface area contributed by atoms with Crippen molar-refractivity contribution < 1.29 is 52.5 Å². The van der Waals surface area contributed by atoms with Gasteiger partial charge in [-0.1, -0.05) is 17.7 Å². The molecule has 0 bridgehead atoms. The fraction of sp³-hybridized carbons (Fsp3) is 0.478. The molecule has 12 nitrogen and oxygen atoms in total. The van der Waals surface area contributed by atoms with Gasteiger partial charge in [-0.05, 0) is 19.1 Å². The monoisotopic (exact) mass is 495 g/mol. The van der Waals surface area contributed by atoms with E-state index < -0.39 is 66.8 Å². The Morgan fingerprint density at radius 1 is 0.686 bits per heavy atom. The molecule has 192 valence electrons. The molecule has 0 spiro atoms. The Balaban J connectivity index is 3.51. The molecular formula is C23H29NO11. The zero-order valence-electron chi connectivity index (χ0n) is 20.3. The van der Waals surface area contributed by atoms with Crippen LogP contribution in [0.15, 0.2) is 24.3 Å². The van der Waals surface area contributed by atoms with Gasteiger partial charge in [0.1, 0.15) is 6.61 Å². The van der Waals surface area contributed by atoms with Gasteiger partial charge in [0.05, 0.1) is 0 Å². The second kappa shape index (κ2) is 13.7. The van der Waals surface area contributed by atoms with E-state index in [4.69, 9.17) is 23.7 Å². The van der Waals surface area contributed by atoms with Crippen LogP contribution in [0.25, 0.3) is 0 Å². The number of anilines is 1. The summed E-state index contributed by atoms with van der Waals surface area (Å²) in [5, 5.41) is 2.53. The number of aryl methyl sites for hydroxylation is 1. The number of carbonyl (C=O) groups is 6. The van der Waals surface area contributed by atoms with E-state index in [0.717, 1.165) is 40.2 Å². The van der Waals surface area contributed by atoms with Gasteiger partial charge in [0, 0.05) is 40.3 Å². The quantitative estimate of drug-likeness (QED) is 0.347. The highest BCUT2D eigenvalue weighted by Crippen LogP contribution is 2.22. The maximum Gasteiger partial charge on any atom is 0.303 e. The maximum absolute atomic E-state index is 13.1. The van der Waals surface area contributed by atoms with Crippen LogP contribution < -0.4 is 5.32 Å². The van der Waals surface area contributed by atoms with Crippen LogP contribution >= 0.6 is 0 Å². The number of ether oxygens (including phenoxy) is 5. The molecule has 0 aliphatic heterocycles. The summed E-state index contributed by atoms with van der Waals surface area (Å²) in [6.45, 7) is 6.39. The molecule has 0 saturated heterocycles. The second-order valence-electron chi connectivity index (χ2n) is 7.48. The predicted octanol–water partition coefficient (Wildman–Crippen LogP) is 1.22. The molecule has 0 fully saturated rings. The van der Waals surface area contributed by atoms with Crippen LogP contribution in [0.4, 0.5) is 5.69 Å². The van der Waals surface area contributed by atoms with Crippen molar-refractivity contribution in [3.8, 4) is 0 Å². The normalized spacial score (nSPS) is 13.8. The molecule has 0 aromatic heterocycles. The van der Waals surface area contributed by atoms with E-state index in [1.807, 2.05) is 6.92 Å². The number of carbonyl (C=O) groups excluding carboxylic acids is 6. The van der Waals surface area contributed by atoms with Gasteiger partial charge in [-0.3, -0.25) is 28.8 Å². The summed E-state index contributed by atoms with van der Waals surface area (Å²) in [4.78, 5) is 71.9. The maximum atomic E-state index is 13.1. The standard InChI is InChI=1S/C23H29NO11/c1-12-7-9-18(10-8-12)24-23(30)22(35-17(6)29)21(34-16(5)28)20(33-15(4)27)19(32-14(3)26)11-31-13(2)25/h7-10,19-22H,11H2,1-6H3,(H,24,30). The molecule has 0 radical (unpaired) electrons. The van der Waals surface area contributed by atoms with Crippen molar-refractivity contribution in [1.82, 2.24) is 0 Å². The Labute approximate surface area is 202 Å². The van der Waals surface area contributed by atoms with E-state index in [-0.39, 0.29) is 0 Å². The van der Waals surface area contributed by atoms with Gasteiger partial charge >= 0.3 is 29.8 Å². The van der Waals surface area contributed by atoms with Crippen LogP contribution in [0.5, 0.6) is 0 Å². The van der Waals surface area contributed by atoms with Crippen LogP contribution in [0.3, 0.4) is 0 Å². The highest BCUT2D eigenvalue weighted by atomic mass is 16.6. The fourth-order valence-corrected chi connectivity index (χ4v) is 2.95. The van der Waals surface area contributed by atoms with Crippen LogP contribution in [0, 0.1) is 6.92 Å². The van der Waals surface area contributed by atoms with Crippen molar-refractivity contribution in [2.45, 2.75) is 66.0 Å². The van der Waals surface area contributed by atoms with Gasteiger partial charge in [-0.25, -0.2) is 0 Å². The molecule has 1 aromatic rings. The number of amides is 1. The van der Waals surface area contributed by atoms with Crippen LogP contribution in [-0.2, 0) is 52.5 Å². The zero-order valence-corrected chi connectivity index (χ0v) is 20.3. The first-order valence-corrected chi connectivity index (χ1v) is 10.5. The predicted molar refractivity (Wildman–Crippen MR) is 119 cm³/mol. The Hall–Kier alpha value is -3.96. The number of nitrogens with one attached hydrogen (secondary N) is 1. The highest BCUT2D eigenvalue weighted by Gasteiger charge is 2.47. The van der Waals surface area contributed by atoms with Crippen LogP contribution in [-0.4, -0.2) is 66.8 Å². The lowest BCUT2D eigenvalue weighted by molar-refractivity contribution is -0.202. The summed E-state index contributed by atoms with van der Waals surface area (Å²) in [5.41, 5.74) is 1.25. The summed E-state index contributed by atoms with van der Waals surface area (Å²) in [6, 6.07) is 6.62. The van der Waals surface area contributed by atoms with Crippen molar-refractivity contribution in [2.24, 2.45) is 0 Å². The SMILES string of the molecule is CC(=O)OCC(OC(C)=O)C(OC(C)=O)C(OC(C)=O)C(OC(C)=O)C(=O)Nc1ccc(C)cc1. The van der Waals surface area contributed by atoms with Crippen molar-refractivity contribution in [2.75, 3.05) is 11.9 Å². The number of rotatable bonds is 11. The van der Waals surface area contributed by atoms with E-state index in [2.05, 4.69) is 5.32 Å². The Morgan fingerprint density at radius 2 is 1.17 bits per heavy atom. The van der Waals surface area contributed by atoms with Gasteiger partial charge in [0.25, 0.3) is 5.91 Å². The largest absolute Gasteiger partial charge is 0.462 e. The van der Waals surface area contributed by atoms with Gasteiger partial charge in [-0.2, -0.15) is 0 Å². The molecule has 35 heavy (non-hydrogen) atoms. The lowest BCUT2D eigenvalue weighted by Crippen LogP contribution is -2.56. The summed E-state index contributed by atoms with van der Waals surface area (Å²) < 4.78 is 25.6. The zero-order chi connectivity index (χ0) is 26.7. The lowest BCUT2D eigenvalue weighted by atomic mass is 10.0. The molecular weight excluding hydrogens is 466 g/mol. The molecule has 1 aromatic carbocycles. The Morgan fingerprint density at radius 3 is 1.63 bits per heavy atom. The van der Waals surface area contributed by atoms with E-state index in [1.54, 1.807) is 24.3 Å². The summed E-state index contributed by atoms with van der Waals surface area (Å²) in [7, 11) is 0. The van der Waals surface area contributed by atoms with Crippen LogP contribution in [0.2, 0.25) is 0 Å². The second-order valence-corrected chi connectivity index (χ2v) is 7.48. The Kier molecular flexibility index (Phi) is 11.4. The Bertz CT molecular complexity index is 941. The van der Waals surface area contributed by atoms with Gasteiger partial charge in [-0.15, -0.1) is 0 Å². The average Bonchev–Trinajstić information content (AvgIpc) is 2.72. The summed E-state index contributed by atoms with van der Waals surface area (Å²) in [6.07, 6.45) is -6.86. The molecule has 1 amide bonds. The fourth-order valence-electron chi connectivity index (χ4n) is 2.95. The van der Waals surface area contributed by atoms with E-state index in [0.29, 0.717) is 5.69 Å². The highest BCUT2D eigenvalue weighted by molar-refractivity contribution is 5.96. The molecule has 0 heterocycles. The number of hydrogen-bond acceptors (Lipinski definition) is 11. The molecule has 12 heteroatoms. The minimum atomic E-state index is -1.85. The first-order chi connectivity index (χ1) is 16.3. The third kappa shape index (κ3) is 10.7. The molecule has 4 atom stereocenters. The molecule has 1 rings (SSSR count). The van der Waals surface area contributed by atoms with Crippen molar-refractivity contribution in [1.29, 1.82) is 0 Å². The average molecular weight is 495 g/mol. The van der Waals surface area contributed by atoms with Crippen molar-refractivity contribution in [3.05, 3.63) is 29.8 Å². The van der Waals surface area contributed by atoms with Crippen molar-refractivity contribution in [3.63, 3.8) is 0 Å². The van der Waals surface area contributed by atoms with E-state index in [9.17, 15) is 28.8 Å². The summed E-state index contributed by atoms with van der Waals surface area (Å²) >= 11 is 0. The third-order valence-electron chi connectivity index (χ3n) is 4.23. The first kappa shape index (κ1) is 29.1. The van der Waals surface area contributed by atoms with Crippen molar-refractivity contribution >= 4 is 41.4 Å².